The molecule has 1 heterocycles. The fourth-order valence-electron chi connectivity index (χ4n) is 2.13. The highest BCUT2D eigenvalue weighted by Crippen LogP contribution is 2.17. The summed E-state index contributed by atoms with van der Waals surface area (Å²) in [7, 11) is 1.71. The van der Waals surface area contributed by atoms with Gasteiger partial charge in [-0.15, -0.1) is 35.3 Å². The molecule has 6 heteroatoms. The van der Waals surface area contributed by atoms with Gasteiger partial charge < -0.3 is 15.4 Å². The summed E-state index contributed by atoms with van der Waals surface area (Å²) in [5.74, 6) is 1.79. The first-order valence-electron chi connectivity index (χ1n) is 7.50. The van der Waals surface area contributed by atoms with Gasteiger partial charge in [-0.1, -0.05) is 24.3 Å². The van der Waals surface area contributed by atoms with Crippen LogP contribution < -0.4 is 15.4 Å². The molecule has 0 aliphatic heterocycles. The molecule has 0 saturated carbocycles. The van der Waals surface area contributed by atoms with E-state index in [9.17, 15) is 0 Å². The van der Waals surface area contributed by atoms with Gasteiger partial charge in [-0.05, 0) is 36.4 Å². The van der Waals surface area contributed by atoms with Gasteiger partial charge in [0.15, 0.2) is 5.96 Å². The third-order valence-corrected chi connectivity index (χ3v) is 4.06. The highest BCUT2D eigenvalue weighted by atomic mass is 127. The number of guanidine groups is 1. The molecule has 2 aromatic rings. The molecule has 0 amide bonds. The second-order valence-electron chi connectivity index (χ2n) is 4.76. The molecule has 2 N–H and O–H groups in total. The van der Waals surface area contributed by atoms with E-state index in [-0.39, 0.29) is 24.0 Å². The minimum absolute atomic E-state index is 0. The van der Waals surface area contributed by atoms with Crippen molar-refractivity contribution in [3.05, 3.63) is 52.2 Å². The quantitative estimate of drug-likeness (QED) is 0.389. The molecule has 0 radical (unpaired) electrons. The van der Waals surface area contributed by atoms with E-state index in [0.29, 0.717) is 6.54 Å². The number of hydrogen-bond acceptors (Lipinski definition) is 3. The van der Waals surface area contributed by atoms with Gasteiger partial charge in [0, 0.05) is 18.0 Å². The predicted molar refractivity (Wildman–Crippen MR) is 109 cm³/mol. The Kier molecular flexibility index (Phi) is 9.70. The number of rotatable bonds is 7. The third kappa shape index (κ3) is 6.78. The Hall–Kier alpha value is -1.28. The average Bonchev–Trinajstić information content (AvgIpc) is 3.06. The third-order valence-electron chi connectivity index (χ3n) is 3.20. The zero-order chi connectivity index (χ0) is 15.6. The molecule has 0 bridgehead atoms. The summed E-state index contributed by atoms with van der Waals surface area (Å²) in [6.07, 6.45) is 0.896. The van der Waals surface area contributed by atoms with Crippen molar-refractivity contribution in [1.29, 1.82) is 0 Å². The Labute approximate surface area is 159 Å². The van der Waals surface area contributed by atoms with Gasteiger partial charge in [-0.2, -0.15) is 0 Å². The molecule has 0 atom stereocenters. The summed E-state index contributed by atoms with van der Waals surface area (Å²) in [6, 6.07) is 12.3. The van der Waals surface area contributed by atoms with Crippen LogP contribution in [0.5, 0.6) is 5.75 Å². The van der Waals surface area contributed by atoms with Crippen LogP contribution in [-0.4, -0.2) is 26.2 Å². The van der Waals surface area contributed by atoms with Crippen LogP contribution in [0, 0.1) is 0 Å². The molecular weight excluding hydrogens is 421 g/mol. The molecule has 1 aromatic carbocycles. The summed E-state index contributed by atoms with van der Waals surface area (Å²) >= 11 is 1.73. The molecule has 0 spiro atoms. The van der Waals surface area contributed by atoms with Crippen molar-refractivity contribution in [2.45, 2.75) is 19.9 Å². The van der Waals surface area contributed by atoms with Crippen LogP contribution in [-0.2, 0) is 13.0 Å². The predicted octanol–water partition coefficient (Wildman–Crippen LogP) is 3.67. The number of hydrogen-bond donors (Lipinski definition) is 2. The topological polar surface area (TPSA) is 45.7 Å². The van der Waals surface area contributed by atoms with Crippen molar-refractivity contribution < 1.29 is 4.74 Å². The van der Waals surface area contributed by atoms with E-state index in [1.807, 2.05) is 18.2 Å². The highest BCUT2D eigenvalue weighted by Gasteiger charge is 2.02. The van der Waals surface area contributed by atoms with Crippen molar-refractivity contribution in [3.8, 4) is 5.75 Å². The van der Waals surface area contributed by atoms with Crippen molar-refractivity contribution in [3.63, 3.8) is 0 Å². The van der Waals surface area contributed by atoms with Crippen LogP contribution in [0.1, 0.15) is 17.4 Å². The van der Waals surface area contributed by atoms with Crippen LogP contribution in [0.2, 0.25) is 0 Å². The maximum absolute atomic E-state index is 5.37. The molecule has 23 heavy (non-hydrogen) atoms. The first-order valence-corrected chi connectivity index (χ1v) is 8.38. The number of para-hydroxylation sites is 1. The molecule has 0 unspecified atom stereocenters. The van der Waals surface area contributed by atoms with Crippen molar-refractivity contribution >= 4 is 41.3 Å². The first kappa shape index (κ1) is 19.8. The Bertz CT molecular complexity index is 587. The van der Waals surface area contributed by atoms with Gasteiger partial charge in [-0.3, -0.25) is 0 Å². The van der Waals surface area contributed by atoms with Crippen molar-refractivity contribution in [2.24, 2.45) is 4.99 Å². The van der Waals surface area contributed by atoms with Gasteiger partial charge in [0.1, 0.15) is 5.75 Å². The summed E-state index contributed by atoms with van der Waals surface area (Å²) in [5.41, 5.74) is 1.20. The molecule has 0 aliphatic carbocycles. The molecule has 0 fully saturated rings. The summed E-state index contributed by atoms with van der Waals surface area (Å²) in [4.78, 5) is 5.87. The van der Waals surface area contributed by atoms with Gasteiger partial charge in [0.2, 0.25) is 0 Å². The van der Waals surface area contributed by atoms with Crippen LogP contribution in [0.4, 0.5) is 0 Å². The lowest BCUT2D eigenvalue weighted by molar-refractivity contribution is 0.409. The van der Waals surface area contributed by atoms with Gasteiger partial charge >= 0.3 is 0 Å². The standard InChI is InChI=1S/C17H23N3OS.HI/c1-3-18-17(20-13-15-8-6-12-22-15)19-11-10-14-7-4-5-9-16(14)21-2;/h4-9,12H,3,10-11,13H2,1-2H3,(H2,18,19,20);1H. The maximum Gasteiger partial charge on any atom is 0.191 e. The maximum atomic E-state index is 5.37. The number of benzene rings is 1. The van der Waals surface area contributed by atoms with E-state index in [4.69, 9.17) is 4.74 Å². The Balaban J connectivity index is 0.00000264. The van der Waals surface area contributed by atoms with Gasteiger partial charge in [0.05, 0.1) is 13.7 Å². The first-order chi connectivity index (χ1) is 10.8. The van der Waals surface area contributed by atoms with E-state index in [1.165, 1.54) is 10.4 Å². The van der Waals surface area contributed by atoms with Crippen LogP contribution in [0.25, 0.3) is 0 Å². The normalized spacial score (nSPS) is 10.8. The monoisotopic (exact) mass is 445 g/mol. The number of thiophene rings is 1. The molecule has 4 nitrogen and oxygen atoms in total. The lowest BCUT2D eigenvalue weighted by Crippen LogP contribution is -2.38. The zero-order valence-electron chi connectivity index (χ0n) is 13.5. The second kappa shape index (κ2) is 11.3. The number of nitrogens with one attached hydrogen (secondary N) is 2. The molecule has 0 aliphatic rings. The molecule has 2 rings (SSSR count). The fraction of sp³-hybridized carbons (Fsp3) is 0.353. The van der Waals surface area contributed by atoms with Crippen LogP contribution >= 0.6 is 35.3 Å². The average molecular weight is 445 g/mol. The highest BCUT2D eigenvalue weighted by molar-refractivity contribution is 14.0. The smallest absolute Gasteiger partial charge is 0.191 e. The Morgan fingerprint density at radius 2 is 2.00 bits per heavy atom. The van der Waals surface area contributed by atoms with E-state index in [2.05, 4.69) is 46.1 Å². The number of nitrogens with zero attached hydrogens (tertiary/aromatic N) is 1. The Morgan fingerprint density at radius 1 is 1.17 bits per heavy atom. The number of halogens is 1. The SMILES string of the molecule is CCNC(=NCc1cccs1)NCCc1ccccc1OC.I. The summed E-state index contributed by atoms with van der Waals surface area (Å²) < 4.78 is 5.37. The van der Waals surface area contributed by atoms with E-state index < -0.39 is 0 Å². The Morgan fingerprint density at radius 3 is 2.70 bits per heavy atom. The van der Waals surface area contributed by atoms with Crippen LogP contribution in [0.15, 0.2) is 46.8 Å². The van der Waals surface area contributed by atoms with E-state index in [1.54, 1.807) is 18.4 Å². The molecular formula is C17H24IN3OS. The molecule has 1 aromatic heterocycles. The number of methoxy groups -OCH3 is 1. The van der Waals surface area contributed by atoms with Crippen molar-refractivity contribution in [2.75, 3.05) is 20.2 Å². The van der Waals surface area contributed by atoms with Gasteiger partial charge in [0.25, 0.3) is 0 Å². The van der Waals surface area contributed by atoms with Crippen molar-refractivity contribution in [1.82, 2.24) is 10.6 Å². The summed E-state index contributed by atoms with van der Waals surface area (Å²) in [5, 5.41) is 8.72. The lowest BCUT2D eigenvalue weighted by atomic mass is 10.1. The lowest BCUT2D eigenvalue weighted by Gasteiger charge is -2.12. The van der Waals surface area contributed by atoms with E-state index >= 15 is 0 Å². The fourth-order valence-corrected chi connectivity index (χ4v) is 2.75. The van der Waals surface area contributed by atoms with Gasteiger partial charge in [-0.25, -0.2) is 4.99 Å². The van der Waals surface area contributed by atoms with E-state index in [0.717, 1.165) is 31.2 Å². The minimum atomic E-state index is 0. The number of aliphatic imine (C=N–C) groups is 1. The van der Waals surface area contributed by atoms with Crippen LogP contribution in [0.3, 0.4) is 0 Å². The number of ether oxygens (including phenoxy) is 1. The minimum Gasteiger partial charge on any atom is -0.496 e. The largest absolute Gasteiger partial charge is 0.496 e. The molecule has 0 saturated heterocycles. The second-order valence-corrected chi connectivity index (χ2v) is 5.80. The molecule has 126 valence electrons. The summed E-state index contributed by atoms with van der Waals surface area (Å²) in [6.45, 7) is 4.45. The zero-order valence-corrected chi connectivity index (χ0v) is 16.7.